The van der Waals surface area contributed by atoms with Gasteiger partial charge >= 0.3 is 5.97 Å². The Morgan fingerprint density at radius 1 is 1.17 bits per heavy atom. The van der Waals surface area contributed by atoms with Gasteiger partial charge in [0.1, 0.15) is 0 Å². The third-order valence-corrected chi connectivity index (χ3v) is 4.50. The summed E-state index contributed by atoms with van der Waals surface area (Å²) in [4.78, 5) is 25.2. The molecule has 1 N–H and O–H groups in total. The standard InChI is InChI=1S/C18H18ClNO3S/c1-12(17(21)20-11-14-5-3-4-6-16(14)19)23-18(22)13-7-9-15(24-2)10-8-13/h3-10,12H,11H2,1-2H3,(H,20,21)/t12-/m1/s1. The molecule has 0 aliphatic rings. The van der Waals surface area contributed by atoms with Gasteiger partial charge in [0.25, 0.3) is 5.91 Å². The van der Waals surface area contributed by atoms with Crippen LogP contribution in [0.25, 0.3) is 0 Å². The van der Waals surface area contributed by atoms with Gasteiger partial charge in [-0.2, -0.15) is 0 Å². The molecular formula is C18H18ClNO3S. The van der Waals surface area contributed by atoms with Gasteiger partial charge in [-0.3, -0.25) is 4.79 Å². The highest BCUT2D eigenvalue weighted by molar-refractivity contribution is 7.98. The number of thioether (sulfide) groups is 1. The highest BCUT2D eigenvalue weighted by Gasteiger charge is 2.18. The van der Waals surface area contributed by atoms with Crippen molar-refractivity contribution >= 4 is 35.2 Å². The summed E-state index contributed by atoms with van der Waals surface area (Å²) in [5.74, 6) is -0.896. The zero-order chi connectivity index (χ0) is 17.5. The van der Waals surface area contributed by atoms with Crippen LogP contribution in [0.1, 0.15) is 22.8 Å². The number of esters is 1. The highest BCUT2D eigenvalue weighted by Crippen LogP contribution is 2.16. The molecule has 2 rings (SSSR count). The molecule has 0 aliphatic carbocycles. The summed E-state index contributed by atoms with van der Waals surface area (Å²) in [7, 11) is 0. The smallest absolute Gasteiger partial charge is 0.338 e. The van der Waals surface area contributed by atoms with Crippen LogP contribution in [-0.2, 0) is 16.1 Å². The number of amides is 1. The summed E-state index contributed by atoms with van der Waals surface area (Å²) in [6.07, 6.45) is 1.07. The molecule has 4 nitrogen and oxygen atoms in total. The molecule has 0 radical (unpaired) electrons. The van der Waals surface area contributed by atoms with Crippen molar-refractivity contribution in [2.24, 2.45) is 0 Å². The maximum absolute atomic E-state index is 12.1. The van der Waals surface area contributed by atoms with E-state index in [4.69, 9.17) is 16.3 Å². The lowest BCUT2D eigenvalue weighted by atomic mass is 10.2. The summed E-state index contributed by atoms with van der Waals surface area (Å²) < 4.78 is 5.20. The van der Waals surface area contributed by atoms with Crippen LogP contribution >= 0.6 is 23.4 Å². The quantitative estimate of drug-likeness (QED) is 0.624. The molecule has 1 amide bonds. The Bertz CT molecular complexity index is 718. The van der Waals surface area contributed by atoms with E-state index in [1.165, 1.54) is 6.92 Å². The second-order valence-corrected chi connectivity index (χ2v) is 6.37. The summed E-state index contributed by atoms with van der Waals surface area (Å²) in [5.41, 5.74) is 1.22. The van der Waals surface area contributed by atoms with Gasteiger partial charge in [0.15, 0.2) is 6.10 Å². The van der Waals surface area contributed by atoms with Crippen molar-refractivity contribution in [2.75, 3.05) is 6.26 Å². The van der Waals surface area contributed by atoms with Crippen molar-refractivity contribution < 1.29 is 14.3 Å². The molecule has 126 valence electrons. The van der Waals surface area contributed by atoms with Gasteiger partial charge in [0.2, 0.25) is 0 Å². The summed E-state index contributed by atoms with van der Waals surface area (Å²) in [6.45, 7) is 1.82. The second-order valence-electron chi connectivity index (χ2n) is 5.09. The Balaban J connectivity index is 1.88. The van der Waals surface area contributed by atoms with E-state index in [9.17, 15) is 9.59 Å². The Labute approximate surface area is 150 Å². The molecule has 6 heteroatoms. The lowest BCUT2D eigenvalue weighted by Gasteiger charge is -2.14. The predicted octanol–water partition coefficient (Wildman–Crippen LogP) is 3.92. The van der Waals surface area contributed by atoms with E-state index in [0.29, 0.717) is 10.6 Å². The van der Waals surface area contributed by atoms with Gasteiger partial charge in [-0.15, -0.1) is 11.8 Å². The number of rotatable bonds is 6. The van der Waals surface area contributed by atoms with Crippen molar-refractivity contribution in [3.05, 3.63) is 64.7 Å². The van der Waals surface area contributed by atoms with E-state index >= 15 is 0 Å². The van der Waals surface area contributed by atoms with Crippen molar-refractivity contribution in [1.82, 2.24) is 5.32 Å². The van der Waals surface area contributed by atoms with E-state index in [2.05, 4.69) is 5.32 Å². The van der Waals surface area contributed by atoms with Crippen LogP contribution in [0.2, 0.25) is 5.02 Å². The van der Waals surface area contributed by atoms with Gasteiger partial charge in [0.05, 0.1) is 5.56 Å². The zero-order valence-electron chi connectivity index (χ0n) is 13.4. The number of carbonyl (C=O) groups excluding carboxylic acids is 2. The van der Waals surface area contributed by atoms with Crippen LogP contribution in [-0.4, -0.2) is 24.2 Å². The number of nitrogens with one attached hydrogen (secondary N) is 1. The van der Waals surface area contributed by atoms with E-state index < -0.39 is 12.1 Å². The molecule has 24 heavy (non-hydrogen) atoms. The topological polar surface area (TPSA) is 55.4 Å². The van der Waals surface area contributed by atoms with E-state index in [0.717, 1.165) is 10.5 Å². The van der Waals surface area contributed by atoms with E-state index in [1.807, 2.05) is 36.6 Å². The highest BCUT2D eigenvalue weighted by atomic mass is 35.5. The fraction of sp³-hybridized carbons (Fsp3) is 0.222. The van der Waals surface area contributed by atoms with Crippen LogP contribution in [0.4, 0.5) is 0 Å². The molecule has 0 aliphatic heterocycles. The molecule has 0 saturated heterocycles. The number of hydrogen-bond donors (Lipinski definition) is 1. The Morgan fingerprint density at radius 2 is 1.83 bits per heavy atom. The minimum Gasteiger partial charge on any atom is -0.449 e. The maximum Gasteiger partial charge on any atom is 0.338 e. The normalized spacial score (nSPS) is 11.6. The first kappa shape index (κ1) is 18.4. The van der Waals surface area contributed by atoms with Gasteiger partial charge in [-0.05, 0) is 49.1 Å². The van der Waals surface area contributed by atoms with Crippen molar-refractivity contribution in [3.8, 4) is 0 Å². The Hall–Kier alpha value is -1.98. The fourth-order valence-electron chi connectivity index (χ4n) is 1.98. The summed E-state index contributed by atoms with van der Waals surface area (Å²) in [5, 5.41) is 3.29. The first-order chi connectivity index (χ1) is 11.5. The molecular weight excluding hydrogens is 346 g/mol. The minimum absolute atomic E-state index is 0.281. The maximum atomic E-state index is 12.1. The molecule has 2 aromatic rings. The largest absolute Gasteiger partial charge is 0.449 e. The van der Waals surface area contributed by atoms with Gasteiger partial charge in [-0.1, -0.05) is 29.8 Å². The molecule has 1 atom stereocenters. The van der Waals surface area contributed by atoms with Gasteiger partial charge < -0.3 is 10.1 Å². The monoisotopic (exact) mass is 363 g/mol. The number of hydrogen-bond acceptors (Lipinski definition) is 4. The summed E-state index contributed by atoms with van der Waals surface area (Å²) in [6, 6.07) is 14.3. The average Bonchev–Trinajstić information content (AvgIpc) is 2.60. The average molecular weight is 364 g/mol. The predicted molar refractivity (Wildman–Crippen MR) is 96.4 cm³/mol. The lowest BCUT2D eigenvalue weighted by Crippen LogP contribution is -2.35. The zero-order valence-corrected chi connectivity index (χ0v) is 15.0. The minimum atomic E-state index is -0.889. The molecule has 0 fully saturated rings. The van der Waals surface area contributed by atoms with Crippen molar-refractivity contribution in [3.63, 3.8) is 0 Å². The first-order valence-electron chi connectivity index (χ1n) is 7.37. The fourth-order valence-corrected chi connectivity index (χ4v) is 2.59. The molecule has 0 spiro atoms. The molecule has 2 aromatic carbocycles. The first-order valence-corrected chi connectivity index (χ1v) is 8.97. The van der Waals surface area contributed by atoms with E-state index in [1.54, 1.807) is 30.0 Å². The molecule has 0 heterocycles. The van der Waals surface area contributed by atoms with Gasteiger partial charge in [-0.25, -0.2) is 4.79 Å². The Morgan fingerprint density at radius 3 is 2.46 bits per heavy atom. The number of ether oxygens (including phenoxy) is 1. The molecule has 0 unspecified atom stereocenters. The summed E-state index contributed by atoms with van der Waals surface area (Å²) >= 11 is 7.62. The van der Waals surface area contributed by atoms with Crippen LogP contribution in [0.5, 0.6) is 0 Å². The van der Waals surface area contributed by atoms with Gasteiger partial charge in [0, 0.05) is 16.5 Å². The number of carbonyl (C=O) groups is 2. The van der Waals surface area contributed by atoms with Crippen molar-refractivity contribution in [1.29, 1.82) is 0 Å². The Kier molecular flexibility index (Phi) is 6.70. The third-order valence-electron chi connectivity index (χ3n) is 3.39. The number of benzene rings is 2. The molecule has 0 aromatic heterocycles. The van der Waals surface area contributed by atoms with E-state index in [-0.39, 0.29) is 12.5 Å². The lowest BCUT2D eigenvalue weighted by molar-refractivity contribution is -0.129. The molecule has 0 saturated carbocycles. The van der Waals surface area contributed by atoms with Crippen molar-refractivity contribution in [2.45, 2.75) is 24.5 Å². The van der Waals surface area contributed by atoms with Crippen LogP contribution in [0.15, 0.2) is 53.4 Å². The van der Waals surface area contributed by atoms with Crippen LogP contribution < -0.4 is 5.32 Å². The molecule has 0 bridgehead atoms. The third kappa shape index (κ3) is 5.01. The van der Waals surface area contributed by atoms with Crippen LogP contribution in [0, 0.1) is 0 Å². The SMILES string of the molecule is CSc1ccc(C(=O)O[C@H](C)C(=O)NCc2ccccc2Cl)cc1. The second kappa shape index (κ2) is 8.76. The number of halogens is 1. The van der Waals surface area contributed by atoms with Crippen LogP contribution in [0.3, 0.4) is 0 Å².